The second kappa shape index (κ2) is 10.3. The molecule has 3 aromatic rings. The molecule has 0 atom stereocenters. The number of carbonyl (C=O) groups is 1. The van der Waals surface area contributed by atoms with E-state index in [4.69, 9.17) is 42.6 Å². The highest BCUT2D eigenvalue weighted by atomic mass is 35.5. The fourth-order valence-electron chi connectivity index (χ4n) is 2.66. The average Bonchev–Trinajstić information content (AvgIpc) is 2.72. The number of rotatable bonds is 5. The van der Waals surface area contributed by atoms with Crippen LogP contribution in [0.5, 0.6) is 11.5 Å². The number of hydrogen-bond donors (Lipinski definition) is 3. The Kier molecular flexibility index (Phi) is 7.67. The molecule has 0 radical (unpaired) electrons. The number of alkyl halides is 3. The molecule has 4 rings (SSSR count). The number of nitrogens with zero attached hydrogens (tertiary/aromatic N) is 2. The molecule has 13 heteroatoms. The maximum absolute atomic E-state index is 10.6. The topological polar surface area (TPSA) is 106 Å². The summed E-state index contributed by atoms with van der Waals surface area (Å²) < 4.78 is 43.2. The minimum absolute atomic E-state index is 0.132. The first kappa shape index (κ1) is 24.6. The Bertz CT molecular complexity index is 1160. The van der Waals surface area contributed by atoms with Crippen LogP contribution in [0, 0.1) is 0 Å². The Morgan fingerprint density at radius 2 is 1.88 bits per heavy atom. The van der Waals surface area contributed by atoms with Crippen molar-refractivity contribution in [3.05, 3.63) is 46.7 Å². The lowest BCUT2D eigenvalue weighted by Gasteiger charge is -2.28. The second-order valence-corrected chi connectivity index (χ2v) is 7.54. The molecule has 176 valence electrons. The van der Waals surface area contributed by atoms with E-state index in [0.29, 0.717) is 33.0 Å². The van der Waals surface area contributed by atoms with Gasteiger partial charge in [-0.3, -0.25) is 0 Å². The molecule has 1 aliphatic heterocycles. The summed E-state index contributed by atoms with van der Waals surface area (Å²) in [6, 6.07) is 8.97. The molecule has 0 spiro atoms. The summed E-state index contributed by atoms with van der Waals surface area (Å²) in [6.07, 6.45) is -3.46. The first-order valence-electron chi connectivity index (χ1n) is 9.30. The predicted octanol–water partition coefficient (Wildman–Crippen LogP) is 4.67. The highest BCUT2D eigenvalue weighted by Crippen LogP contribution is 2.36. The summed E-state index contributed by atoms with van der Waals surface area (Å²) in [7, 11) is 1.61. The van der Waals surface area contributed by atoms with E-state index in [2.05, 4.69) is 20.6 Å². The van der Waals surface area contributed by atoms with Gasteiger partial charge in [-0.2, -0.15) is 13.2 Å². The highest BCUT2D eigenvalue weighted by Gasteiger charge is 2.38. The van der Waals surface area contributed by atoms with Gasteiger partial charge in [0.15, 0.2) is 11.5 Å². The highest BCUT2D eigenvalue weighted by molar-refractivity contribution is 6.36. The number of methoxy groups -OCH3 is 1. The Hall–Kier alpha value is -3.02. The van der Waals surface area contributed by atoms with Crippen molar-refractivity contribution in [3.8, 4) is 11.5 Å². The van der Waals surface area contributed by atoms with Gasteiger partial charge < -0.3 is 25.2 Å². The van der Waals surface area contributed by atoms with Crippen molar-refractivity contribution in [1.82, 2.24) is 15.3 Å². The van der Waals surface area contributed by atoms with Gasteiger partial charge in [-0.05, 0) is 24.3 Å². The first-order valence-corrected chi connectivity index (χ1v) is 10.1. The lowest BCUT2D eigenvalue weighted by Crippen LogP contribution is -2.50. The molecule has 0 aliphatic carbocycles. The van der Waals surface area contributed by atoms with Gasteiger partial charge in [0.25, 0.3) is 0 Å². The van der Waals surface area contributed by atoms with Gasteiger partial charge in [0.05, 0.1) is 23.3 Å². The number of hydrogen-bond acceptors (Lipinski definition) is 7. The van der Waals surface area contributed by atoms with Crippen LogP contribution in [0.1, 0.15) is 0 Å². The van der Waals surface area contributed by atoms with Gasteiger partial charge in [0.1, 0.15) is 18.2 Å². The van der Waals surface area contributed by atoms with Crippen LogP contribution < -0.4 is 20.1 Å². The second-order valence-electron chi connectivity index (χ2n) is 6.69. The molecule has 1 aliphatic rings. The number of nitrogens with one attached hydrogen (secondary N) is 2. The number of carboxylic acid groups (broad SMARTS) is 1. The maximum atomic E-state index is 10.6. The molecular formula is C20H17Cl2F3N4O4. The largest absolute Gasteiger partial charge is 0.493 e. The standard InChI is InChI=1S/C18H16Cl2N4O2.C2HF3O2/c1-25-16-6-15-12(5-17(16)26-11-7-21-8-11)18(23-9-22-15)24-14-3-2-10(19)4-13(14)20;3-2(4,5)1(6)7/h2-6,9,11,21H,7-8H2,1H3,(H,22,23,24);(H,6,7). The summed E-state index contributed by atoms with van der Waals surface area (Å²) in [5.74, 6) is -0.837. The fraction of sp³-hybridized carbons (Fsp3) is 0.250. The number of carboxylic acids is 1. The fourth-order valence-corrected chi connectivity index (χ4v) is 3.11. The number of aromatic nitrogens is 2. The third-order valence-corrected chi connectivity index (χ3v) is 4.93. The minimum atomic E-state index is -5.08. The van der Waals surface area contributed by atoms with Crippen molar-refractivity contribution >= 4 is 51.6 Å². The van der Waals surface area contributed by atoms with Crippen LogP contribution in [-0.4, -0.2) is 53.5 Å². The molecule has 8 nitrogen and oxygen atoms in total. The van der Waals surface area contributed by atoms with Crippen molar-refractivity contribution < 1.29 is 32.5 Å². The van der Waals surface area contributed by atoms with Gasteiger partial charge in [-0.25, -0.2) is 14.8 Å². The SMILES string of the molecule is COc1cc2ncnc(Nc3ccc(Cl)cc3Cl)c2cc1OC1CNC1.O=C(O)C(F)(F)F. The van der Waals surface area contributed by atoms with Gasteiger partial charge in [0.2, 0.25) is 0 Å². The molecule has 1 saturated heterocycles. The molecule has 0 bridgehead atoms. The third-order valence-electron chi connectivity index (χ3n) is 4.39. The molecule has 1 aromatic heterocycles. The maximum Gasteiger partial charge on any atom is 0.490 e. The molecule has 3 N–H and O–H groups in total. The summed E-state index contributed by atoms with van der Waals surface area (Å²) in [4.78, 5) is 17.6. The van der Waals surface area contributed by atoms with Gasteiger partial charge in [-0.1, -0.05) is 23.2 Å². The van der Waals surface area contributed by atoms with Crippen LogP contribution in [0.2, 0.25) is 10.0 Å². The van der Waals surface area contributed by atoms with Crippen molar-refractivity contribution in [2.75, 3.05) is 25.5 Å². The number of benzene rings is 2. The van der Waals surface area contributed by atoms with Gasteiger partial charge >= 0.3 is 12.1 Å². The monoisotopic (exact) mass is 504 g/mol. The quantitative estimate of drug-likeness (QED) is 0.460. The zero-order valence-electron chi connectivity index (χ0n) is 16.9. The minimum Gasteiger partial charge on any atom is -0.493 e. The van der Waals surface area contributed by atoms with Crippen LogP contribution in [0.3, 0.4) is 0 Å². The van der Waals surface area contributed by atoms with E-state index in [1.165, 1.54) is 6.33 Å². The lowest BCUT2D eigenvalue weighted by molar-refractivity contribution is -0.192. The van der Waals surface area contributed by atoms with Crippen LogP contribution >= 0.6 is 23.2 Å². The Balaban J connectivity index is 0.000000383. The number of anilines is 2. The molecule has 1 fully saturated rings. The molecular weight excluding hydrogens is 488 g/mol. The molecule has 33 heavy (non-hydrogen) atoms. The van der Waals surface area contributed by atoms with Crippen LogP contribution in [0.25, 0.3) is 10.9 Å². The van der Waals surface area contributed by atoms with Crippen molar-refractivity contribution in [3.63, 3.8) is 0 Å². The number of halogens is 5. The Labute approximate surface area is 195 Å². The summed E-state index contributed by atoms with van der Waals surface area (Å²) in [5.41, 5.74) is 1.45. The van der Waals surface area contributed by atoms with E-state index in [1.807, 2.05) is 12.1 Å². The van der Waals surface area contributed by atoms with E-state index >= 15 is 0 Å². The van der Waals surface area contributed by atoms with Crippen molar-refractivity contribution in [2.45, 2.75) is 12.3 Å². The van der Waals surface area contributed by atoms with Gasteiger partial charge in [0, 0.05) is 29.6 Å². The van der Waals surface area contributed by atoms with Crippen molar-refractivity contribution in [1.29, 1.82) is 0 Å². The molecule has 0 amide bonds. The average molecular weight is 505 g/mol. The van der Waals surface area contributed by atoms with E-state index in [-0.39, 0.29) is 6.10 Å². The molecule has 0 saturated carbocycles. The number of aliphatic carboxylic acids is 1. The summed E-state index contributed by atoms with van der Waals surface area (Å²) in [5, 5.41) is 15.4. The zero-order chi connectivity index (χ0) is 24.2. The summed E-state index contributed by atoms with van der Waals surface area (Å²) in [6.45, 7) is 1.63. The lowest BCUT2D eigenvalue weighted by atomic mass is 10.2. The zero-order valence-corrected chi connectivity index (χ0v) is 18.4. The summed E-state index contributed by atoms with van der Waals surface area (Å²) >= 11 is 12.2. The van der Waals surface area contributed by atoms with Crippen molar-refractivity contribution in [2.24, 2.45) is 0 Å². The van der Waals surface area contributed by atoms with E-state index in [9.17, 15) is 13.2 Å². The van der Waals surface area contributed by atoms with E-state index in [1.54, 1.807) is 25.3 Å². The molecule has 0 unspecified atom stereocenters. The number of fused-ring (bicyclic) bond motifs is 1. The van der Waals surface area contributed by atoms with E-state index < -0.39 is 12.1 Å². The number of ether oxygens (including phenoxy) is 2. The van der Waals surface area contributed by atoms with Crippen LogP contribution in [-0.2, 0) is 4.79 Å². The molecule has 2 aromatic carbocycles. The van der Waals surface area contributed by atoms with E-state index in [0.717, 1.165) is 24.0 Å². The smallest absolute Gasteiger partial charge is 0.490 e. The molecule has 2 heterocycles. The Morgan fingerprint density at radius 3 is 2.42 bits per heavy atom. The van der Waals surface area contributed by atoms with Crippen LogP contribution in [0.4, 0.5) is 24.7 Å². The normalized spacial score (nSPS) is 13.5. The predicted molar refractivity (Wildman–Crippen MR) is 117 cm³/mol. The first-order chi connectivity index (χ1) is 15.6. The third kappa shape index (κ3) is 6.28. The Morgan fingerprint density at radius 1 is 1.18 bits per heavy atom. The van der Waals surface area contributed by atoms with Crippen LogP contribution in [0.15, 0.2) is 36.7 Å². The van der Waals surface area contributed by atoms with Gasteiger partial charge in [-0.15, -0.1) is 0 Å².